The number of para-hydroxylation sites is 1. The van der Waals surface area contributed by atoms with Crippen molar-refractivity contribution in [3.8, 4) is 11.6 Å². The van der Waals surface area contributed by atoms with Crippen molar-refractivity contribution in [2.75, 3.05) is 32.7 Å². The van der Waals surface area contributed by atoms with E-state index in [1.54, 1.807) is 35.8 Å². The van der Waals surface area contributed by atoms with Crippen molar-refractivity contribution >= 4 is 49.2 Å². The Balaban J connectivity index is 1.39. The molecule has 3 aromatic rings. The molecule has 3 unspecified atom stereocenters. The number of imidazole rings is 1. The number of nitrogens with zero attached hydrogens (tertiary/aromatic N) is 4. The standard InChI is InChI=1S/C27H37IN6O9P/c1-16(23(36)39-14-26(2,3)4)33-44(28-37,43-17-9-7-6-8-10-17)41-13-18-20(35)27(11-12-40-27)24(42-18)34-15-30-19-21(34)31-25(29)32-22(19)38-5/h6-10,15-16,18,20,24,33,35H,11-14H2,1-5H3,(H2,29,31,32)/q+1/t16-,18?,20+,24?,27+,44?/m0/s1. The van der Waals surface area contributed by atoms with Crippen molar-refractivity contribution in [3.05, 3.63) is 36.7 Å². The van der Waals surface area contributed by atoms with Gasteiger partial charge in [0.15, 0.2) is 23.1 Å². The van der Waals surface area contributed by atoms with Crippen LogP contribution >= 0.6 is 26.2 Å². The van der Waals surface area contributed by atoms with Gasteiger partial charge in [-0.3, -0.25) is 13.9 Å². The van der Waals surface area contributed by atoms with Crippen LogP contribution in [0.2, 0.25) is 0 Å². The highest BCUT2D eigenvalue weighted by molar-refractivity contribution is 14.2. The van der Waals surface area contributed by atoms with E-state index in [-0.39, 0.29) is 30.5 Å². The normalized spacial score (nSPS) is 25.4. The summed E-state index contributed by atoms with van der Waals surface area (Å²) in [6.07, 6.45) is -0.948. The number of ether oxygens (including phenoxy) is 4. The molecule has 6 atom stereocenters. The minimum Gasteiger partial charge on any atom is -0.479 e. The predicted octanol–water partition coefficient (Wildman–Crippen LogP) is 3.49. The highest BCUT2D eigenvalue weighted by atomic mass is 127. The SMILES string of the molecule is COc1nc(N)nc2c1ncn2C1OC(CO[P+](N[C@@H](C)C(=O)OCC(C)(C)C)(Oc2ccccc2)I=O)[C@@H](O)[C@]12CCO2. The quantitative estimate of drug-likeness (QED) is 0.139. The number of benzene rings is 1. The number of nitrogens with one attached hydrogen (secondary N) is 1. The van der Waals surface area contributed by atoms with Crippen LogP contribution in [0.15, 0.2) is 36.7 Å². The predicted molar refractivity (Wildman–Crippen MR) is 167 cm³/mol. The largest absolute Gasteiger partial charge is 0.487 e. The zero-order valence-corrected chi connectivity index (χ0v) is 28.1. The number of halogens is 1. The van der Waals surface area contributed by atoms with Crippen molar-refractivity contribution in [1.82, 2.24) is 24.6 Å². The third kappa shape index (κ3) is 6.66. The Morgan fingerprint density at radius 1 is 1.32 bits per heavy atom. The highest BCUT2D eigenvalue weighted by Gasteiger charge is 2.63. The molecular formula is C27H37IN6O9P+. The van der Waals surface area contributed by atoms with Crippen molar-refractivity contribution in [2.45, 2.75) is 64.2 Å². The second kappa shape index (κ2) is 13.0. The van der Waals surface area contributed by atoms with Crippen LogP contribution in [0.4, 0.5) is 5.95 Å². The number of fused-ring (bicyclic) bond motifs is 1. The molecule has 2 fully saturated rings. The van der Waals surface area contributed by atoms with E-state index in [0.29, 0.717) is 29.9 Å². The molecule has 17 heteroatoms. The molecule has 44 heavy (non-hydrogen) atoms. The lowest BCUT2D eigenvalue weighted by Gasteiger charge is -2.44. The number of aromatic nitrogens is 4. The third-order valence-electron chi connectivity index (χ3n) is 7.10. The van der Waals surface area contributed by atoms with Crippen LogP contribution in [-0.4, -0.2) is 81.4 Å². The molecule has 0 radical (unpaired) electrons. The Kier molecular flexibility index (Phi) is 9.70. The molecule has 0 aliphatic carbocycles. The molecule has 0 amide bonds. The first-order valence-electron chi connectivity index (χ1n) is 13.9. The van der Waals surface area contributed by atoms with Gasteiger partial charge in [-0.1, -0.05) is 39.0 Å². The van der Waals surface area contributed by atoms with Crippen LogP contribution in [-0.2, 0) is 26.6 Å². The van der Waals surface area contributed by atoms with Crippen LogP contribution in [0, 0.1) is 5.41 Å². The molecule has 2 saturated heterocycles. The summed E-state index contributed by atoms with van der Waals surface area (Å²) >= 11 is -2.03. The highest BCUT2D eigenvalue weighted by Crippen LogP contribution is 2.68. The van der Waals surface area contributed by atoms with Crippen molar-refractivity contribution < 1.29 is 41.0 Å². The van der Waals surface area contributed by atoms with Gasteiger partial charge in [-0.2, -0.15) is 14.5 Å². The summed E-state index contributed by atoms with van der Waals surface area (Å²) in [6, 6.07) is 7.84. The monoisotopic (exact) mass is 747 g/mol. The number of methoxy groups -OCH3 is 1. The van der Waals surface area contributed by atoms with Gasteiger partial charge in [-0.05, 0) is 24.5 Å². The Bertz CT molecular complexity index is 1490. The van der Waals surface area contributed by atoms with E-state index in [2.05, 4.69) is 20.0 Å². The van der Waals surface area contributed by atoms with E-state index in [4.69, 9.17) is 33.7 Å². The van der Waals surface area contributed by atoms with Gasteiger partial charge in [-0.15, -0.1) is 5.09 Å². The Hall–Kier alpha value is -2.60. The average Bonchev–Trinajstić information content (AvgIpc) is 3.52. The van der Waals surface area contributed by atoms with Crippen LogP contribution < -0.4 is 20.1 Å². The molecule has 1 spiro atoms. The van der Waals surface area contributed by atoms with Gasteiger partial charge >= 0.3 is 32.1 Å². The molecule has 0 saturated carbocycles. The molecule has 0 bridgehead atoms. The fraction of sp³-hybridized carbons (Fsp3) is 0.556. The van der Waals surface area contributed by atoms with Crippen LogP contribution in [0.25, 0.3) is 11.2 Å². The smallest absolute Gasteiger partial charge is 0.479 e. The number of esters is 1. The third-order valence-corrected chi connectivity index (χ3v) is 12.7. The summed E-state index contributed by atoms with van der Waals surface area (Å²) in [5.41, 5.74) is 1.83. The minimum atomic E-state index is -3.42. The summed E-state index contributed by atoms with van der Waals surface area (Å²) in [7, 11) is 1.45. The maximum Gasteiger partial charge on any atom is 0.487 e. The number of hydrogen-bond acceptors (Lipinski definition) is 14. The number of rotatable bonds is 12. The van der Waals surface area contributed by atoms with Crippen molar-refractivity contribution in [1.29, 1.82) is 0 Å². The van der Waals surface area contributed by atoms with E-state index in [1.807, 2.05) is 26.8 Å². The van der Waals surface area contributed by atoms with Crippen molar-refractivity contribution in [2.24, 2.45) is 5.41 Å². The Labute approximate surface area is 264 Å². The first kappa shape index (κ1) is 32.8. The molecular weight excluding hydrogens is 710 g/mol. The fourth-order valence-corrected chi connectivity index (χ4v) is 9.79. The summed E-state index contributed by atoms with van der Waals surface area (Å²) in [5.74, 6) is 0.0392. The minimum absolute atomic E-state index is 0.0219. The maximum atomic E-state index is 12.9. The van der Waals surface area contributed by atoms with E-state index in [1.165, 1.54) is 13.4 Å². The Morgan fingerprint density at radius 3 is 2.66 bits per heavy atom. The van der Waals surface area contributed by atoms with Gasteiger partial charge in [0.25, 0.3) is 0 Å². The fourth-order valence-electron chi connectivity index (χ4n) is 4.86. The first-order valence-corrected chi connectivity index (χ1v) is 19.2. The lowest BCUT2D eigenvalue weighted by molar-refractivity contribution is -0.225. The number of nitrogens with two attached hydrogens (primary N) is 1. The summed E-state index contributed by atoms with van der Waals surface area (Å²) in [6.45, 7) is 7.82. The van der Waals surface area contributed by atoms with Crippen molar-refractivity contribution in [3.63, 3.8) is 0 Å². The number of hydrogen-bond donors (Lipinski definition) is 3. The number of carbonyl (C=O) groups excluding carboxylic acids is 1. The molecule has 2 aliphatic rings. The molecule has 240 valence electrons. The summed E-state index contributed by atoms with van der Waals surface area (Å²) in [5, 5.41) is 14.5. The van der Waals surface area contributed by atoms with E-state index in [9.17, 15) is 13.0 Å². The summed E-state index contributed by atoms with van der Waals surface area (Å²) < 4.78 is 50.1. The lowest BCUT2D eigenvalue weighted by Crippen LogP contribution is -2.56. The molecule has 1 aromatic carbocycles. The lowest BCUT2D eigenvalue weighted by atomic mass is 9.86. The average molecular weight is 748 g/mol. The topological polar surface area (TPSA) is 191 Å². The maximum absolute atomic E-state index is 12.9. The first-order chi connectivity index (χ1) is 20.9. The van der Waals surface area contributed by atoms with E-state index in [0.717, 1.165) is 0 Å². The number of aliphatic hydroxyl groups is 1. The van der Waals surface area contributed by atoms with Gasteiger partial charge in [0.05, 0.1) is 26.7 Å². The Morgan fingerprint density at radius 2 is 2.05 bits per heavy atom. The number of carbonyl (C=O) groups is 1. The number of aliphatic hydroxyl groups excluding tert-OH is 1. The van der Waals surface area contributed by atoms with Gasteiger partial charge in [0.2, 0.25) is 11.8 Å². The van der Waals surface area contributed by atoms with Gasteiger partial charge < -0.3 is 29.8 Å². The molecule has 2 aliphatic heterocycles. The number of nitrogen functional groups attached to an aromatic ring is 1. The van der Waals surface area contributed by atoms with Gasteiger partial charge in [0, 0.05) is 6.42 Å². The molecule has 4 heterocycles. The van der Waals surface area contributed by atoms with Gasteiger partial charge in [0.1, 0.15) is 30.5 Å². The van der Waals surface area contributed by atoms with E-state index < -0.39 is 62.2 Å². The molecule has 4 N–H and O–H groups in total. The van der Waals surface area contributed by atoms with E-state index >= 15 is 0 Å². The molecule has 5 rings (SSSR count). The second-order valence-corrected chi connectivity index (χ2v) is 18.5. The molecule has 2 aromatic heterocycles. The zero-order valence-electron chi connectivity index (χ0n) is 25.0. The van der Waals surface area contributed by atoms with Crippen LogP contribution in [0.5, 0.6) is 11.6 Å². The zero-order chi connectivity index (χ0) is 31.7. The van der Waals surface area contributed by atoms with Gasteiger partial charge in [-0.25, -0.2) is 8.05 Å². The molecule has 15 nitrogen and oxygen atoms in total. The van der Waals surface area contributed by atoms with Crippen LogP contribution in [0.3, 0.4) is 0 Å². The number of anilines is 1. The second-order valence-electron chi connectivity index (χ2n) is 11.7. The summed E-state index contributed by atoms with van der Waals surface area (Å²) in [4.78, 5) is 25.6. The van der Waals surface area contributed by atoms with Crippen LogP contribution in [0.1, 0.15) is 40.3 Å².